The second kappa shape index (κ2) is 20.1. The van der Waals surface area contributed by atoms with E-state index in [0.29, 0.717) is 16.8 Å². The van der Waals surface area contributed by atoms with Crippen molar-refractivity contribution in [2.75, 3.05) is 0 Å². The Kier molecular flexibility index (Phi) is 15.2. The van der Waals surface area contributed by atoms with Gasteiger partial charge in [0.15, 0.2) is 8.15 Å². The molecule has 0 spiro atoms. The van der Waals surface area contributed by atoms with Gasteiger partial charge in [0.2, 0.25) is 0 Å². The summed E-state index contributed by atoms with van der Waals surface area (Å²) in [6, 6.07) is 55.2. The maximum Gasteiger partial charge on any atom is 0.462 e. The molecule has 0 aliphatic carbocycles. The third-order valence-electron chi connectivity index (χ3n) is 13.4. The molecule has 378 valence electrons. The zero-order valence-corrected chi connectivity index (χ0v) is 48.3. The topological polar surface area (TPSA) is 44.8 Å². The lowest BCUT2D eigenvalue weighted by molar-refractivity contribution is 0.387. The predicted molar refractivity (Wildman–Crippen MR) is 311 cm³/mol. The lowest BCUT2D eigenvalue weighted by Gasteiger charge is -2.31. The Labute approximate surface area is 435 Å². The predicted octanol–water partition coefficient (Wildman–Crippen LogP) is 18.2. The first-order chi connectivity index (χ1) is 33.3. The Morgan fingerprint density at radius 1 is 0.333 bits per heavy atom. The van der Waals surface area contributed by atoms with E-state index in [-0.39, 0.29) is 32.5 Å². The zero-order chi connectivity index (χ0) is 52.8. The van der Waals surface area contributed by atoms with Gasteiger partial charge >= 0.3 is 7.60 Å². The minimum atomic E-state index is -4.09. The van der Waals surface area contributed by atoms with E-state index in [1.807, 2.05) is 36.4 Å². The maximum absolute atomic E-state index is 15.9. The van der Waals surface area contributed by atoms with Crippen LogP contribution in [0.2, 0.25) is 0 Å². The van der Waals surface area contributed by atoms with Crippen LogP contribution in [0, 0.1) is 0 Å². The first kappa shape index (κ1) is 54.4. The molecule has 0 saturated heterocycles. The van der Waals surface area contributed by atoms with Gasteiger partial charge < -0.3 is 13.6 Å². The van der Waals surface area contributed by atoms with Crippen LogP contribution in [0.25, 0.3) is 22.3 Å². The molecule has 7 rings (SSSR count). The second-order valence-corrected chi connectivity index (χ2v) is 29.4. The summed E-state index contributed by atoms with van der Waals surface area (Å²) < 4.78 is 36.9. The fraction of sp³-hybridized carbons (Fsp3) is 0.364. The van der Waals surface area contributed by atoms with Gasteiger partial charge in [-0.1, -0.05) is 252 Å². The highest BCUT2D eigenvalue weighted by atomic mass is 31.2. The van der Waals surface area contributed by atoms with Crippen LogP contribution in [-0.2, 0) is 37.1 Å². The summed E-state index contributed by atoms with van der Waals surface area (Å²) in [5.41, 5.74) is 10.3. The summed E-state index contributed by atoms with van der Waals surface area (Å²) in [5.74, 6) is 2.01. The molecule has 0 heterocycles. The molecule has 0 N–H and O–H groups in total. The molecule has 7 aromatic rings. The van der Waals surface area contributed by atoms with Gasteiger partial charge in [-0.15, -0.1) is 0 Å². The van der Waals surface area contributed by atoms with Crippen molar-refractivity contribution in [2.45, 2.75) is 157 Å². The fourth-order valence-corrected chi connectivity index (χ4v) is 12.1. The van der Waals surface area contributed by atoms with Gasteiger partial charge in [-0.05, 0) is 102 Å². The molecule has 1 atom stereocenters. The third kappa shape index (κ3) is 12.7. The minimum Gasteiger partial charge on any atom is -0.464 e. The quantitative estimate of drug-likeness (QED) is 0.121. The van der Waals surface area contributed by atoms with Crippen molar-refractivity contribution in [1.82, 2.24) is 0 Å². The first-order valence-corrected chi connectivity index (χ1v) is 28.4. The van der Waals surface area contributed by atoms with Crippen molar-refractivity contribution in [3.8, 4) is 39.5 Å². The molecule has 6 heteroatoms. The Hall–Kier alpha value is -5.40. The van der Waals surface area contributed by atoms with Crippen LogP contribution in [-0.4, -0.2) is 0 Å². The van der Waals surface area contributed by atoms with Gasteiger partial charge in [0.05, 0.1) is 5.30 Å². The Balaban J connectivity index is 1.29. The third-order valence-corrected chi connectivity index (χ3v) is 17.1. The molecular formula is C66H80O4P2. The monoisotopic (exact) mass is 999 g/mol. The van der Waals surface area contributed by atoms with Crippen molar-refractivity contribution in [3.05, 3.63) is 191 Å². The van der Waals surface area contributed by atoms with Gasteiger partial charge in [0.1, 0.15) is 17.2 Å². The van der Waals surface area contributed by atoms with Gasteiger partial charge in [0, 0.05) is 27.3 Å². The van der Waals surface area contributed by atoms with Gasteiger partial charge in [-0.3, -0.25) is 0 Å². The van der Waals surface area contributed by atoms with Crippen LogP contribution in [0.4, 0.5) is 0 Å². The lowest BCUT2D eigenvalue weighted by Crippen LogP contribution is -2.21. The van der Waals surface area contributed by atoms with E-state index >= 15 is 4.57 Å². The summed E-state index contributed by atoms with van der Waals surface area (Å²) in [5, 5.41) is 2.70. The smallest absolute Gasteiger partial charge is 0.462 e. The highest BCUT2D eigenvalue weighted by Gasteiger charge is 2.37. The van der Waals surface area contributed by atoms with Crippen LogP contribution in [0.3, 0.4) is 0 Å². The number of rotatable bonds is 11. The summed E-state index contributed by atoms with van der Waals surface area (Å²) in [7, 11) is -5.36. The normalized spacial score (nSPS) is 13.4. The molecule has 0 fully saturated rings. The van der Waals surface area contributed by atoms with Gasteiger partial charge in [-0.2, -0.15) is 0 Å². The largest absolute Gasteiger partial charge is 0.464 e. The van der Waals surface area contributed by atoms with Crippen molar-refractivity contribution in [2.24, 2.45) is 0 Å². The molecule has 0 bridgehead atoms. The van der Waals surface area contributed by atoms with Crippen molar-refractivity contribution in [3.63, 3.8) is 0 Å². The summed E-state index contributed by atoms with van der Waals surface area (Å²) in [6.07, 6.45) is 0. The average Bonchev–Trinajstić information content (AvgIpc) is 3.29. The Bertz CT molecular complexity index is 2950. The molecule has 1 unspecified atom stereocenters. The van der Waals surface area contributed by atoms with Crippen molar-refractivity contribution >= 4 is 31.7 Å². The van der Waals surface area contributed by atoms with Crippen LogP contribution in [0.5, 0.6) is 17.2 Å². The van der Waals surface area contributed by atoms with Crippen LogP contribution in [0.1, 0.15) is 158 Å². The van der Waals surface area contributed by atoms with Gasteiger partial charge in [-0.25, -0.2) is 4.57 Å². The molecular weight excluding hydrogens is 919 g/mol. The summed E-state index contributed by atoms with van der Waals surface area (Å²) in [6.45, 7) is 39.8. The van der Waals surface area contributed by atoms with Gasteiger partial charge in [0.25, 0.3) is 0 Å². The number of benzene rings is 7. The Morgan fingerprint density at radius 3 is 0.972 bits per heavy atom. The van der Waals surface area contributed by atoms with Crippen molar-refractivity contribution in [1.29, 1.82) is 0 Å². The van der Waals surface area contributed by atoms with E-state index in [1.165, 1.54) is 33.4 Å². The van der Waals surface area contributed by atoms with Crippen LogP contribution < -0.4 is 29.5 Å². The highest BCUT2D eigenvalue weighted by Crippen LogP contribution is 2.53. The zero-order valence-electron chi connectivity index (χ0n) is 46.5. The molecule has 4 nitrogen and oxygen atoms in total. The molecule has 0 aliphatic rings. The SMILES string of the molecule is CC(C)(C)c1ccc(OP(c2ccc(-c3ccccc3)cc2)c2ccc(-c3ccc(P(=O)(Oc4ccc(C(C)(C)C)cc4C(C)(C)C)Oc4ccc(C(C)(C)C)cc4C(C)(C)C)cc3)cc2)c(C(C)(C)C)c1. The van der Waals surface area contributed by atoms with Crippen molar-refractivity contribution < 1.29 is 18.1 Å². The second-order valence-electron chi connectivity index (χ2n) is 25.7. The molecule has 0 aromatic heterocycles. The Morgan fingerprint density at radius 2 is 0.639 bits per heavy atom. The molecule has 0 saturated carbocycles. The number of hydrogen-bond acceptors (Lipinski definition) is 4. The highest BCUT2D eigenvalue weighted by molar-refractivity contribution is 7.68. The van der Waals surface area contributed by atoms with E-state index in [9.17, 15) is 0 Å². The fourth-order valence-electron chi connectivity index (χ4n) is 8.77. The maximum atomic E-state index is 15.9. The average molecular weight is 999 g/mol. The van der Waals surface area contributed by atoms with Crippen LogP contribution in [0.15, 0.2) is 158 Å². The minimum absolute atomic E-state index is 0.00383. The molecule has 0 amide bonds. The van der Waals surface area contributed by atoms with E-state index in [2.05, 4.69) is 246 Å². The standard InChI is InChI=1S/C66H80O4P2/c1-61(2,3)49-30-39-58(55(42-49)64(10,11)12)68-71(52-33-24-46(25-34-52)45-22-20-19-21-23-45)53-35-26-47(27-36-53)48-28-37-54(38-29-48)72(67,69-59-40-31-50(62(4,5)6)43-56(59)65(13,14)15)70-60-41-32-51(63(7,8)9)44-57(60)66(16,17)18/h19-44H,1-18H3. The van der Waals surface area contributed by atoms with E-state index in [0.717, 1.165) is 38.6 Å². The van der Waals surface area contributed by atoms with Crippen LogP contribution >= 0.6 is 15.7 Å². The molecule has 0 radical (unpaired) electrons. The first-order valence-electron chi connectivity index (χ1n) is 25.6. The summed E-state index contributed by atoms with van der Waals surface area (Å²) >= 11 is 0. The molecule has 0 aliphatic heterocycles. The van der Waals surface area contributed by atoms with E-state index in [1.54, 1.807) is 0 Å². The molecule has 7 aromatic carbocycles. The summed E-state index contributed by atoms with van der Waals surface area (Å²) in [4.78, 5) is 0. The molecule has 72 heavy (non-hydrogen) atoms. The van der Waals surface area contributed by atoms with E-state index in [4.69, 9.17) is 13.6 Å². The lowest BCUT2D eigenvalue weighted by atomic mass is 9.80. The number of hydrogen-bond donors (Lipinski definition) is 0. The van der Waals surface area contributed by atoms with E-state index < -0.39 is 15.7 Å².